The highest BCUT2D eigenvalue weighted by atomic mass is 19.4. The van der Waals surface area contributed by atoms with Crippen molar-refractivity contribution in [2.24, 2.45) is 5.92 Å². The summed E-state index contributed by atoms with van der Waals surface area (Å²) in [5.74, 6) is -0.624. The van der Waals surface area contributed by atoms with Gasteiger partial charge in [0.25, 0.3) is 0 Å². The quantitative estimate of drug-likeness (QED) is 0.485. The van der Waals surface area contributed by atoms with Gasteiger partial charge >= 0.3 is 12.1 Å². The Bertz CT molecular complexity index is 1200. The molecule has 186 valence electrons. The van der Waals surface area contributed by atoms with Gasteiger partial charge < -0.3 is 19.7 Å². The highest BCUT2D eigenvalue weighted by molar-refractivity contribution is 5.72. The van der Waals surface area contributed by atoms with Crippen molar-refractivity contribution >= 4 is 17.6 Å². The molecule has 0 saturated heterocycles. The van der Waals surface area contributed by atoms with Crippen LogP contribution < -0.4 is 5.32 Å². The zero-order chi connectivity index (χ0) is 25.2. The largest absolute Gasteiger partial charge is 0.466 e. The van der Waals surface area contributed by atoms with Crippen LogP contribution in [0.2, 0.25) is 0 Å². The number of benzene rings is 1. The van der Waals surface area contributed by atoms with Gasteiger partial charge in [0.15, 0.2) is 0 Å². The predicted molar refractivity (Wildman–Crippen MR) is 121 cm³/mol. The van der Waals surface area contributed by atoms with Crippen molar-refractivity contribution in [2.45, 2.75) is 51.3 Å². The monoisotopic (exact) mass is 489 g/mol. The first-order valence-electron chi connectivity index (χ1n) is 11.3. The van der Waals surface area contributed by atoms with Crippen molar-refractivity contribution in [3.05, 3.63) is 59.9 Å². The van der Waals surface area contributed by atoms with Crippen molar-refractivity contribution in [3.63, 3.8) is 0 Å². The van der Waals surface area contributed by atoms with Gasteiger partial charge in [-0.1, -0.05) is 0 Å². The number of carbonyl (C=O) groups excluding carboxylic acids is 1. The van der Waals surface area contributed by atoms with Crippen LogP contribution in [0.5, 0.6) is 0 Å². The summed E-state index contributed by atoms with van der Waals surface area (Å²) in [6, 6.07) is 6.18. The minimum Gasteiger partial charge on any atom is -0.466 e. The summed E-state index contributed by atoms with van der Waals surface area (Å²) in [7, 11) is 0. The number of hydrogen-bond acceptors (Lipinski definition) is 7. The number of alkyl halides is 3. The number of aromatic nitrogens is 4. The lowest BCUT2D eigenvalue weighted by Crippen LogP contribution is -2.34. The molecular formula is C24H26F3N5O3. The first kappa shape index (κ1) is 24.6. The number of ether oxygens (including phenoxy) is 1. The Balaban J connectivity index is 1.51. The lowest BCUT2D eigenvalue weighted by molar-refractivity contribution is -0.151. The van der Waals surface area contributed by atoms with Crippen LogP contribution in [-0.4, -0.2) is 37.2 Å². The molecule has 4 rings (SSSR count). The first-order valence-corrected chi connectivity index (χ1v) is 11.3. The van der Waals surface area contributed by atoms with Crippen LogP contribution in [0.25, 0.3) is 5.69 Å². The standard InChI is InChI=1S/C24H26F3N5O3/c1-3-35-21(33)16-4-7-23(34,8-5-16)20-13-32(14-29-20)18-11-15(2)10-17(12-18)30-22-28-9-6-19(31-22)24(25,26)27/h6,9-14,16,34H,3-5,7-8H2,1-2H3,(H,28,30,31). The van der Waals surface area contributed by atoms with Crippen LogP contribution in [0, 0.1) is 12.8 Å². The fourth-order valence-corrected chi connectivity index (χ4v) is 4.24. The molecule has 1 fully saturated rings. The molecule has 8 nitrogen and oxygen atoms in total. The van der Waals surface area contributed by atoms with E-state index >= 15 is 0 Å². The summed E-state index contributed by atoms with van der Waals surface area (Å²) in [5, 5.41) is 14.0. The molecule has 0 radical (unpaired) electrons. The average Bonchev–Trinajstić information content (AvgIpc) is 3.30. The third kappa shape index (κ3) is 5.61. The molecule has 1 aliphatic rings. The second-order valence-corrected chi connectivity index (χ2v) is 8.67. The molecule has 0 atom stereocenters. The lowest BCUT2D eigenvalue weighted by Gasteiger charge is -2.33. The predicted octanol–water partition coefficient (Wildman–Crippen LogP) is 4.67. The Morgan fingerprint density at radius 2 is 2.00 bits per heavy atom. The molecule has 0 aliphatic heterocycles. The molecule has 0 bridgehead atoms. The lowest BCUT2D eigenvalue weighted by atomic mass is 9.77. The maximum Gasteiger partial charge on any atom is 0.433 e. The van der Waals surface area contributed by atoms with E-state index in [4.69, 9.17) is 4.74 Å². The Kier molecular flexibility index (Phi) is 6.79. The van der Waals surface area contributed by atoms with E-state index in [0.717, 1.165) is 17.8 Å². The Labute approximate surface area is 200 Å². The minimum absolute atomic E-state index is 0.171. The maximum atomic E-state index is 13.0. The van der Waals surface area contributed by atoms with Gasteiger partial charge in [0.2, 0.25) is 5.95 Å². The van der Waals surface area contributed by atoms with Crippen LogP contribution in [0.3, 0.4) is 0 Å². The summed E-state index contributed by atoms with van der Waals surface area (Å²) in [5.41, 5.74) is 0.363. The summed E-state index contributed by atoms with van der Waals surface area (Å²) in [4.78, 5) is 23.8. The van der Waals surface area contributed by atoms with E-state index in [1.807, 2.05) is 13.0 Å². The summed E-state index contributed by atoms with van der Waals surface area (Å²) in [6.45, 7) is 3.95. The number of carbonyl (C=O) groups is 1. The third-order valence-electron chi connectivity index (χ3n) is 6.05. The number of imidazole rings is 1. The van der Waals surface area contributed by atoms with E-state index in [1.165, 1.54) is 0 Å². The third-order valence-corrected chi connectivity index (χ3v) is 6.05. The van der Waals surface area contributed by atoms with E-state index in [9.17, 15) is 23.1 Å². The second kappa shape index (κ2) is 9.65. The van der Waals surface area contributed by atoms with Gasteiger partial charge in [0.05, 0.1) is 24.5 Å². The summed E-state index contributed by atoms with van der Waals surface area (Å²) < 4.78 is 45.7. The fourth-order valence-electron chi connectivity index (χ4n) is 4.24. The smallest absolute Gasteiger partial charge is 0.433 e. The van der Waals surface area contributed by atoms with Crippen molar-refractivity contribution < 1.29 is 27.8 Å². The molecule has 0 spiro atoms. The second-order valence-electron chi connectivity index (χ2n) is 8.67. The number of hydrogen-bond donors (Lipinski definition) is 2. The van der Waals surface area contributed by atoms with Gasteiger partial charge in [-0.25, -0.2) is 15.0 Å². The van der Waals surface area contributed by atoms with Gasteiger partial charge in [-0.15, -0.1) is 0 Å². The van der Waals surface area contributed by atoms with Gasteiger partial charge in [0.1, 0.15) is 11.3 Å². The van der Waals surface area contributed by atoms with E-state index in [1.54, 1.807) is 36.1 Å². The number of halogens is 3. The van der Waals surface area contributed by atoms with Crippen molar-refractivity contribution in [1.82, 2.24) is 19.5 Å². The topological polar surface area (TPSA) is 102 Å². The van der Waals surface area contributed by atoms with E-state index in [-0.39, 0.29) is 17.8 Å². The number of esters is 1. The van der Waals surface area contributed by atoms with Crippen LogP contribution in [-0.2, 0) is 21.3 Å². The maximum absolute atomic E-state index is 13.0. The van der Waals surface area contributed by atoms with Crippen LogP contribution in [0.15, 0.2) is 43.0 Å². The molecule has 1 aromatic carbocycles. The molecule has 2 aromatic heterocycles. The average molecular weight is 489 g/mol. The summed E-state index contributed by atoms with van der Waals surface area (Å²) in [6.07, 6.45) is 1.58. The summed E-state index contributed by atoms with van der Waals surface area (Å²) >= 11 is 0. The normalized spacial score (nSPS) is 20.5. The number of nitrogens with zero attached hydrogens (tertiary/aromatic N) is 4. The van der Waals surface area contributed by atoms with Gasteiger partial charge in [-0.05, 0) is 69.4 Å². The number of rotatable bonds is 6. The zero-order valence-corrected chi connectivity index (χ0v) is 19.3. The molecule has 2 N–H and O–H groups in total. The number of aliphatic hydroxyl groups is 1. The van der Waals surface area contributed by atoms with Crippen molar-refractivity contribution in [2.75, 3.05) is 11.9 Å². The van der Waals surface area contributed by atoms with Crippen molar-refractivity contribution in [1.29, 1.82) is 0 Å². The molecule has 0 unspecified atom stereocenters. The van der Waals surface area contributed by atoms with E-state index in [2.05, 4.69) is 20.3 Å². The van der Waals surface area contributed by atoms with Gasteiger partial charge in [-0.2, -0.15) is 13.2 Å². The number of anilines is 2. The molecule has 1 saturated carbocycles. The Morgan fingerprint density at radius 3 is 2.69 bits per heavy atom. The zero-order valence-electron chi connectivity index (χ0n) is 19.3. The molecule has 3 aromatic rings. The number of nitrogens with one attached hydrogen (secondary N) is 1. The molecule has 2 heterocycles. The highest BCUT2D eigenvalue weighted by Crippen LogP contribution is 2.39. The van der Waals surface area contributed by atoms with Crippen LogP contribution >= 0.6 is 0 Å². The molecular weight excluding hydrogens is 463 g/mol. The minimum atomic E-state index is -4.57. The van der Waals surface area contributed by atoms with E-state index < -0.39 is 17.5 Å². The molecule has 0 amide bonds. The molecule has 11 heteroatoms. The van der Waals surface area contributed by atoms with Crippen LogP contribution in [0.1, 0.15) is 49.6 Å². The highest BCUT2D eigenvalue weighted by Gasteiger charge is 2.39. The Morgan fingerprint density at radius 1 is 1.26 bits per heavy atom. The fraction of sp³-hybridized carbons (Fsp3) is 0.417. The van der Waals surface area contributed by atoms with Crippen molar-refractivity contribution in [3.8, 4) is 5.69 Å². The molecule has 1 aliphatic carbocycles. The Hall–Kier alpha value is -3.47. The van der Waals surface area contributed by atoms with E-state index in [0.29, 0.717) is 49.4 Å². The van der Waals surface area contributed by atoms with Gasteiger partial charge in [-0.3, -0.25) is 4.79 Å². The van der Waals surface area contributed by atoms with Crippen LogP contribution in [0.4, 0.5) is 24.8 Å². The number of aryl methyl sites for hydroxylation is 1. The van der Waals surface area contributed by atoms with Gasteiger partial charge in [0, 0.05) is 23.8 Å². The molecule has 35 heavy (non-hydrogen) atoms. The SMILES string of the molecule is CCOC(=O)C1CCC(O)(c2cn(-c3cc(C)cc(Nc4nccc(C(F)(F)F)n4)c3)cn2)CC1. The first-order chi connectivity index (χ1) is 16.6.